The van der Waals surface area contributed by atoms with Crippen LogP contribution in [0.1, 0.15) is 18.9 Å². The monoisotopic (exact) mass is 322 g/mol. The molecule has 1 aliphatic heterocycles. The van der Waals surface area contributed by atoms with Gasteiger partial charge in [-0.3, -0.25) is 0 Å². The molecule has 1 aliphatic rings. The van der Waals surface area contributed by atoms with Crippen LogP contribution >= 0.6 is 0 Å². The number of piperidine rings is 1. The summed E-state index contributed by atoms with van der Waals surface area (Å²) in [5, 5.41) is 7.79. The van der Waals surface area contributed by atoms with E-state index in [1.54, 1.807) is 42.3 Å². The molecular formula is C14H18N4O3S. The number of hydrogen-bond donors (Lipinski definition) is 0. The van der Waals surface area contributed by atoms with Crippen LogP contribution in [0.15, 0.2) is 41.6 Å². The van der Waals surface area contributed by atoms with Gasteiger partial charge in [0.15, 0.2) is 0 Å². The molecule has 0 aliphatic carbocycles. The Labute approximate surface area is 129 Å². The fraction of sp³-hybridized carbons (Fsp3) is 0.429. The molecule has 0 N–H and O–H groups in total. The average Bonchev–Trinajstić information content (AvgIpc) is 3.09. The van der Waals surface area contributed by atoms with Gasteiger partial charge >= 0.3 is 0 Å². The maximum atomic E-state index is 12.6. The third kappa shape index (κ3) is 2.84. The molecule has 0 unspecified atom stereocenters. The standard InChI is InChI=1S/C14H18N4O3S/c1-21-13-2-4-14(5-3-13)22(19,20)17-9-6-12(7-10-17)18-11-8-15-16-18/h2-5,8,11-12H,6-7,9-10H2,1H3. The number of aromatic nitrogens is 3. The molecule has 1 fully saturated rings. The van der Waals surface area contributed by atoms with E-state index in [0.29, 0.717) is 23.7 Å². The van der Waals surface area contributed by atoms with Crippen LogP contribution in [-0.4, -0.2) is 47.9 Å². The molecule has 118 valence electrons. The Bertz CT molecular complexity index is 705. The highest BCUT2D eigenvalue weighted by Gasteiger charge is 2.30. The first-order valence-corrected chi connectivity index (χ1v) is 8.55. The molecule has 0 radical (unpaired) electrons. The van der Waals surface area contributed by atoms with Crippen molar-refractivity contribution in [3.8, 4) is 5.75 Å². The zero-order chi connectivity index (χ0) is 15.6. The number of nitrogens with zero attached hydrogens (tertiary/aromatic N) is 4. The first-order valence-electron chi connectivity index (χ1n) is 7.11. The fourth-order valence-electron chi connectivity index (χ4n) is 2.66. The summed E-state index contributed by atoms with van der Waals surface area (Å²) in [6.45, 7) is 0.970. The molecule has 1 aromatic heterocycles. The molecule has 1 saturated heterocycles. The van der Waals surface area contributed by atoms with E-state index in [9.17, 15) is 8.42 Å². The smallest absolute Gasteiger partial charge is 0.243 e. The number of benzene rings is 1. The minimum absolute atomic E-state index is 0.213. The van der Waals surface area contributed by atoms with Crippen molar-refractivity contribution in [2.75, 3.05) is 20.2 Å². The van der Waals surface area contributed by atoms with E-state index >= 15 is 0 Å². The molecule has 22 heavy (non-hydrogen) atoms. The van der Waals surface area contributed by atoms with Crippen molar-refractivity contribution in [1.29, 1.82) is 0 Å². The van der Waals surface area contributed by atoms with Crippen molar-refractivity contribution in [3.63, 3.8) is 0 Å². The van der Waals surface area contributed by atoms with E-state index in [1.807, 2.05) is 6.20 Å². The van der Waals surface area contributed by atoms with Gasteiger partial charge < -0.3 is 4.74 Å². The summed E-state index contributed by atoms with van der Waals surface area (Å²) in [7, 11) is -1.89. The lowest BCUT2D eigenvalue weighted by Crippen LogP contribution is -2.39. The summed E-state index contributed by atoms with van der Waals surface area (Å²) < 4.78 is 33.7. The zero-order valence-electron chi connectivity index (χ0n) is 12.3. The second-order valence-corrected chi connectivity index (χ2v) is 7.13. The molecule has 0 spiro atoms. The van der Waals surface area contributed by atoms with Gasteiger partial charge in [-0.05, 0) is 37.1 Å². The van der Waals surface area contributed by atoms with E-state index in [0.717, 1.165) is 12.8 Å². The Morgan fingerprint density at radius 2 is 1.86 bits per heavy atom. The van der Waals surface area contributed by atoms with E-state index in [-0.39, 0.29) is 6.04 Å². The van der Waals surface area contributed by atoms with Crippen molar-refractivity contribution >= 4 is 10.0 Å². The van der Waals surface area contributed by atoms with Crippen molar-refractivity contribution in [2.45, 2.75) is 23.8 Å². The zero-order valence-corrected chi connectivity index (χ0v) is 13.1. The number of methoxy groups -OCH3 is 1. The van der Waals surface area contributed by atoms with Crippen LogP contribution in [0.2, 0.25) is 0 Å². The summed E-state index contributed by atoms with van der Waals surface area (Å²) in [6.07, 6.45) is 4.93. The van der Waals surface area contributed by atoms with Gasteiger partial charge in [-0.15, -0.1) is 5.10 Å². The van der Waals surface area contributed by atoms with Crippen molar-refractivity contribution in [2.24, 2.45) is 0 Å². The molecule has 8 heteroatoms. The van der Waals surface area contributed by atoms with Crippen LogP contribution in [0.25, 0.3) is 0 Å². The molecule has 0 saturated carbocycles. The first kappa shape index (κ1) is 15.0. The summed E-state index contributed by atoms with van der Waals surface area (Å²) in [4.78, 5) is 0.299. The minimum atomic E-state index is -3.45. The van der Waals surface area contributed by atoms with Gasteiger partial charge in [0.1, 0.15) is 5.75 Å². The van der Waals surface area contributed by atoms with Gasteiger partial charge in [0.05, 0.1) is 24.2 Å². The Balaban J connectivity index is 1.71. The molecule has 2 aromatic rings. The third-order valence-electron chi connectivity index (χ3n) is 3.94. The molecule has 0 bridgehead atoms. The minimum Gasteiger partial charge on any atom is -0.497 e. The first-order chi connectivity index (χ1) is 10.6. The lowest BCUT2D eigenvalue weighted by molar-refractivity contribution is 0.258. The molecule has 0 atom stereocenters. The normalized spacial score (nSPS) is 17.5. The molecule has 3 rings (SSSR count). The second-order valence-electron chi connectivity index (χ2n) is 5.19. The molecule has 2 heterocycles. The Kier molecular flexibility index (Phi) is 4.12. The number of ether oxygens (including phenoxy) is 1. The maximum absolute atomic E-state index is 12.6. The van der Waals surface area contributed by atoms with Crippen LogP contribution in [-0.2, 0) is 10.0 Å². The van der Waals surface area contributed by atoms with Gasteiger partial charge in [-0.2, -0.15) is 4.31 Å². The van der Waals surface area contributed by atoms with Crippen LogP contribution in [0.3, 0.4) is 0 Å². The Hall–Kier alpha value is -1.93. The van der Waals surface area contributed by atoms with E-state index < -0.39 is 10.0 Å². The second kappa shape index (κ2) is 6.05. The van der Waals surface area contributed by atoms with Gasteiger partial charge in [0, 0.05) is 19.3 Å². The average molecular weight is 322 g/mol. The fourth-order valence-corrected chi connectivity index (χ4v) is 4.13. The predicted octanol–water partition coefficient (Wildman–Crippen LogP) is 1.31. The van der Waals surface area contributed by atoms with Gasteiger partial charge in [0.2, 0.25) is 10.0 Å². The highest BCUT2D eigenvalue weighted by atomic mass is 32.2. The number of sulfonamides is 1. The largest absolute Gasteiger partial charge is 0.497 e. The van der Waals surface area contributed by atoms with Crippen LogP contribution in [0.4, 0.5) is 0 Å². The number of hydrogen-bond acceptors (Lipinski definition) is 5. The molecule has 1 aromatic carbocycles. The quantitative estimate of drug-likeness (QED) is 0.848. The number of rotatable bonds is 4. The topological polar surface area (TPSA) is 77.3 Å². The van der Waals surface area contributed by atoms with Crippen LogP contribution < -0.4 is 4.74 Å². The summed E-state index contributed by atoms with van der Waals surface area (Å²) in [5.74, 6) is 0.642. The predicted molar refractivity (Wildman–Crippen MR) is 80.0 cm³/mol. The van der Waals surface area contributed by atoms with Crippen LogP contribution in [0.5, 0.6) is 5.75 Å². The van der Waals surface area contributed by atoms with E-state index in [4.69, 9.17) is 4.74 Å². The summed E-state index contributed by atoms with van der Waals surface area (Å²) in [5.41, 5.74) is 0. The summed E-state index contributed by atoms with van der Waals surface area (Å²) in [6, 6.07) is 6.70. The van der Waals surface area contributed by atoms with Gasteiger partial charge in [0.25, 0.3) is 0 Å². The van der Waals surface area contributed by atoms with Crippen molar-refractivity contribution in [3.05, 3.63) is 36.7 Å². The van der Waals surface area contributed by atoms with Crippen LogP contribution in [0, 0.1) is 0 Å². The van der Waals surface area contributed by atoms with Crippen molar-refractivity contribution < 1.29 is 13.2 Å². The Morgan fingerprint density at radius 1 is 1.18 bits per heavy atom. The highest BCUT2D eigenvalue weighted by molar-refractivity contribution is 7.89. The molecule has 7 nitrogen and oxygen atoms in total. The lowest BCUT2D eigenvalue weighted by atomic mass is 10.1. The maximum Gasteiger partial charge on any atom is 0.243 e. The summed E-state index contributed by atoms with van der Waals surface area (Å²) >= 11 is 0. The lowest BCUT2D eigenvalue weighted by Gasteiger charge is -2.31. The van der Waals surface area contributed by atoms with E-state index in [2.05, 4.69) is 10.3 Å². The highest BCUT2D eigenvalue weighted by Crippen LogP contribution is 2.26. The van der Waals surface area contributed by atoms with Gasteiger partial charge in [-0.1, -0.05) is 5.21 Å². The molecular weight excluding hydrogens is 304 g/mol. The Morgan fingerprint density at radius 3 is 2.41 bits per heavy atom. The third-order valence-corrected chi connectivity index (χ3v) is 5.85. The SMILES string of the molecule is COc1ccc(S(=O)(=O)N2CCC(n3ccnn3)CC2)cc1. The van der Waals surface area contributed by atoms with E-state index in [1.165, 1.54) is 4.31 Å². The van der Waals surface area contributed by atoms with Crippen molar-refractivity contribution in [1.82, 2.24) is 19.3 Å². The van der Waals surface area contributed by atoms with Gasteiger partial charge in [-0.25, -0.2) is 13.1 Å². The molecule has 0 amide bonds.